The van der Waals surface area contributed by atoms with Crippen molar-refractivity contribution in [3.63, 3.8) is 0 Å². The van der Waals surface area contributed by atoms with Crippen LogP contribution in [-0.2, 0) is 0 Å². The van der Waals surface area contributed by atoms with Gasteiger partial charge in [-0.05, 0) is 52.6 Å². The van der Waals surface area contributed by atoms with Crippen molar-refractivity contribution >= 4 is 35.2 Å². The molecule has 0 saturated heterocycles. The number of fused-ring (bicyclic) bond motifs is 3. The summed E-state index contributed by atoms with van der Waals surface area (Å²) in [4.78, 5) is 8.51. The fourth-order valence-electron chi connectivity index (χ4n) is 3.64. The van der Waals surface area contributed by atoms with Crippen LogP contribution < -0.4 is 0 Å². The molecule has 0 amide bonds. The zero-order valence-electron chi connectivity index (χ0n) is 15.8. The summed E-state index contributed by atoms with van der Waals surface area (Å²) in [6, 6.07) is 13.4. The summed E-state index contributed by atoms with van der Waals surface area (Å²) in [5.41, 5.74) is 5.34. The molecule has 30 heavy (non-hydrogen) atoms. The predicted molar refractivity (Wildman–Crippen MR) is 114 cm³/mol. The average Bonchev–Trinajstić information content (AvgIpc) is 2.90. The highest BCUT2D eigenvalue weighted by molar-refractivity contribution is 5.82. The van der Waals surface area contributed by atoms with Gasteiger partial charge in [-0.25, -0.2) is 13.8 Å². The highest BCUT2D eigenvalue weighted by Crippen LogP contribution is 2.33. The summed E-state index contributed by atoms with van der Waals surface area (Å²) in [5.74, 6) is -1.80. The van der Waals surface area contributed by atoms with E-state index < -0.39 is 17.7 Å². The van der Waals surface area contributed by atoms with E-state index in [1.807, 2.05) is 42.5 Å². The van der Waals surface area contributed by atoms with Gasteiger partial charge in [0.15, 0.2) is 11.6 Å². The number of hydrogen-bond donors (Lipinski definition) is 1. The minimum Gasteiger partial charge on any atom is -0.384 e. The van der Waals surface area contributed by atoms with Crippen LogP contribution >= 0.6 is 0 Å². The lowest BCUT2D eigenvalue weighted by Gasteiger charge is -2.14. The van der Waals surface area contributed by atoms with Crippen molar-refractivity contribution in [3.05, 3.63) is 106 Å². The molecule has 1 aliphatic rings. The first kappa shape index (κ1) is 18.3. The Morgan fingerprint density at radius 1 is 0.833 bits per heavy atom. The lowest BCUT2D eigenvalue weighted by molar-refractivity contribution is 0.219. The van der Waals surface area contributed by atoms with Gasteiger partial charge in [0.1, 0.15) is 6.10 Å². The van der Waals surface area contributed by atoms with E-state index in [2.05, 4.69) is 9.97 Å². The first-order valence-corrected chi connectivity index (χ1v) is 9.46. The summed E-state index contributed by atoms with van der Waals surface area (Å²) in [6.07, 6.45) is 10.2. The van der Waals surface area contributed by atoms with Crippen molar-refractivity contribution in [1.82, 2.24) is 9.97 Å². The van der Waals surface area contributed by atoms with Crippen LogP contribution in [0.4, 0.5) is 8.78 Å². The molecule has 1 atom stereocenters. The molecular formula is C25H16F2N2O. The van der Waals surface area contributed by atoms with Gasteiger partial charge in [-0.1, -0.05) is 36.4 Å². The molecule has 5 heteroatoms. The minimum absolute atomic E-state index is 0.391. The van der Waals surface area contributed by atoms with E-state index in [0.717, 1.165) is 39.9 Å². The quantitative estimate of drug-likeness (QED) is 0.475. The lowest BCUT2D eigenvalue weighted by atomic mass is 9.96. The van der Waals surface area contributed by atoms with Crippen molar-refractivity contribution in [3.8, 4) is 0 Å². The van der Waals surface area contributed by atoms with Crippen molar-refractivity contribution in [2.45, 2.75) is 6.10 Å². The Bertz CT molecular complexity index is 1340. The van der Waals surface area contributed by atoms with Gasteiger partial charge >= 0.3 is 0 Å². The van der Waals surface area contributed by atoms with Crippen molar-refractivity contribution in [1.29, 1.82) is 0 Å². The number of aromatic nitrogens is 2. The molecule has 5 rings (SSSR count). The molecular weight excluding hydrogens is 382 g/mol. The van der Waals surface area contributed by atoms with Crippen LogP contribution in [0.1, 0.15) is 39.6 Å². The molecule has 2 heterocycles. The summed E-state index contributed by atoms with van der Waals surface area (Å²) < 4.78 is 26.9. The van der Waals surface area contributed by atoms with Gasteiger partial charge in [0, 0.05) is 29.4 Å². The molecule has 3 nitrogen and oxygen atoms in total. The molecule has 0 fully saturated rings. The van der Waals surface area contributed by atoms with Crippen LogP contribution in [-0.4, -0.2) is 15.1 Å². The zero-order chi connectivity index (χ0) is 20.7. The largest absolute Gasteiger partial charge is 0.384 e. The van der Waals surface area contributed by atoms with Crippen molar-refractivity contribution in [2.75, 3.05) is 0 Å². The van der Waals surface area contributed by atoms with Crippen LogP contribution in [0.5, 0.6) is 0 Å². The first-order chi connectivity index (χ1) is 14.6. The summed E-state index contributed by atoms with van der Waals surface area (Å²) in [5, 5.41) is 11.4. The third-order valence-electron chi connectivity index (χ3n) is 5.23. The highest BCUT2D eigenvalue weighted by Gasteiger charge is 2.19. The third kappa shape index (κ3) is 3.29. The van der Waals surface area contributed by atoms with Gasteiger partial charge < -0.3 is 5.11 Å². The average molecular weight is 398 g/mol. The Morgan fingerprint density at radius 2 is 1.63 bits per heavy atom. The molecule has 4 aromatic rings. The molecule has 146 valence electrons. The van der Waals surface area contributed by atoms with Gasteiger partial charge in [-0.3, -0.25) is 4.98 Å². The number of hydrogen-bond acceptors (Lipinski definition) is 3. The molecule has 2 aromatic heterocycles. The molecule has 2 aromatic carbocycles. The highest BCUT2D eigenvalue weighted by atomic mass is 19.2. The number of halogens is 2. The number of pyridine rings is 2. The van der Waals surface area contributed by atoms with E-state index in [1.54, 1.807) is 30.6 Å². The Labute approximate surface area is 171 Å². The second-order valence-electron chi connectivity index (χ2n) is 7.16. The van der Waals surface area contributed by atoms with Crippen molar-refractivity contribution < 1.29 is 13.9 Å². The number of aliphatic hydroxyl groups excluding tert-OH is 1. The first-order valence-electron chi connectivity index (χ1n) is 9.46. The molecule has 0 radical (unpaired) electrons. The molecule has 0 saturated carbocycles. The monoisotopic (exact) mass is 398 g/mol. The van der Waals surface area contributed by atoms with E-state index in [-0.39, 0.29) is 0 Å². The minimum atomic E-state index is -0.918. The Balaban J connectivity index is 1.49. The molecule has 1 unspecified atom stereocenters. The summed E-state index contributed by atoms with van der Waals surface area (Å²) in [7, 11) is 0. The van der Waals surface area contributed by atoms with Gasteiger partial charge in [0.2, 0.25) is 0 Å². The third-order valence-corrected chi connectivity index (χ3v) is 5.23. The van der Waals surface area contributed by atoms with Crippen LogP contribution in [0.2, 0.25) is 0 Å². The number of nitrogens with zero attached hydrogens (tertiary/aromatic N) is 2. The zero-order valence-corrected chi connectivity index (χ0v) is 15.8. The lowest BCUT2D eigenvalue weighted by Crippen LogP contribution is -2.03. The van der Waals surface area contributed by atoms with Gasteiger partial charge in [-0.2, -0.15) is 0 Å². The molecule has 1 aliphatic carbocycles. The fraction of sp³-hybridized carbons (Fsp3) is 0.0400. The van der Waals surface area contributed by atoms with Gasteiger partial charge in [-0.15, -0.1) is 0 Å². The SMILES string of the molecule is OC1c2cnccc2C=Cc2ccc(/C=C/c3ccc4cc(F)c(F)cc4n3)cc21. The van der Waals surface area contributed by atoms with Gasteiger partial charge in [0.05, 0.1) is 11.2 Å². The second kappa shape index (κ2) is 7.28. The van der Waals surface area contributed by atoms with Crippen molar-refractivity contribution in [2.24, 2.45) is 0 Å². The standard InChI is InChI=1S/C25H16F2N2O/c26-22-12-18-6-8-19(29-24(18)13-23(22)27)7-2-15-1-3-16-4-5-17-9-10-28-14-21(17)25(30)20(16)11-15/h1-14,25,30H/b7-2+. The predicted octanol–water partition coefficient (Wildman–Crippen LogP) is 5.64. The Kier molecular flexibility index (Phi) is 4.45. The molecule has 0 bridgehead atoms. The summed E-state index contributed by atoms with van der Waals surface area (Å²) in [6.45, 7) is 0. The molecule has 1 N–H and O–H groups in total. The number of aliphatic hydroxyl groups is 1. The van der Waals surface area contributed by atoms with Crippen LogP contribution in [0, 0.1) is 11.6 Å². The maximum Gasteiger partial charge on any atom is 0.161 e. The van der Waals surface area contributed by atoms with E-state index in [9.17, 15) is 13.9 Å². The normalized spacial score (nSPS) is 15.2. The Hall–Kier alpha value is -3.70. The van der Waals surface area contributed by atoms with Gasteiger partial charge in [0.25, 0.3) is 0 Å². The van der Waals surface area contributed by atoms with Crippen LogP contribution in [0.25, 0.3) is 35.2 Å². The van der Waals surface area contributed by atoms with Crippen LogP contribution in [0.3, 0.4) is 0 Å². The topological polar surface area (TPSA) is 46.0 Å². The van der Waals surface area contributed by atoms with Crippen LogP contribution in [0.15, 0.2) is 60.9 Å². The smallest absolute Gasteiger partial charge is 0.161 e. The number of rotatable bonds is 2. The van der Waals surface area contributed by atoms with E-state index in [1.165, 1.54) is 0 Å². The Morgan fingerprint density at radius 3 is 2.50 bits per heavy atom. The maximum atomic E-state index is 13.5. The molecule has 0 aliphatic heterocycles. The van der Waals surface area contributed by atoms with E-state index >= 15 is 0 Å². The maximum absolute atomic E-state index is 13.5. The van der Waals surface area contributed by atoms with E-state index in [0.29, 0.717) is 16.6 Å². The number of benzene rings is 2. The fourth-order valence-corrected chi connectivity index (χ4v) is 3.64. The summed E-state index contributed by atoms with van der Waals surface area (Å²) >= 11 is 0. The second-order valence-corrected chi connectivity index (χ2v) is 7.16. The van der Waals surface area contributed by atoms with E-state index in [4.69, 9.17) is 0 Å². The molecule has 0 spiro atoms.